The highest BCUT2D eigenvalue weighted by molar-refractivity contribution is 6.10. The van der Waals surface area contributed by atoms with Gasteiger partial charge in [-0.2, -0.15) is 9.97 Å². The van der Waals surface area contributed by atoms with Crippen molar-refractivity contribution in [2.24, 2.45) is 0 Å². The zero-order chi connectivity index (χ0) is 40.9. The zero-order valence-electron chi connectivity index (χ0n) is 35.2. The van der Waals surface area contributed by atoms with E-state index in [1.54, 1.807) is 22.8 Å². The standard InChI is InChI=1S/C45H28N4O/c1-3-12-29(13-4-1)31-16-11-17-33(26-31)43-46-44(34-23-25-42-38(28-34)36-19-8-10-21-41(36)50-42)48-45(47-43)49-39-20-9-7-18-35(39)37-27-32(22-24-40(37)49)30-14-5-2-6-15-30/h1-28H/i2D,5D,6D,7D,9D,14D,15D,18D,20D. The number of furan rings is 1. The van der Waals surface area contributed by atoms with Crippen molar-refractivity contribution in [2.45, 2.75) is 0 Å². The Kier molecular flexibility index (Phi) is 4.67. The minimum atomic E-state index is -0.522. The smallest absolute Gasteiger partial charge is 0.238 e. The molecule has 0 aliphatic heterocycles. The first-order chi connectivity index (χ1) is 28.5. The van der Waals surface area contributed by atoms with Gasteiger partial charge in [-0.3, -0.25) is 4.57 Å². The molecule has 0 unspecified atom stereocenters. The lowest BCUT2D eigenvalue weighted by molar-refractivity contribution is 0.669. The van der Waals surface area contributed by atoms with E-state index < -0.39 is 42.3 Å². The van der Waals surface area contributed by atoms with Crippen molar-refractivity contribution in [1.29, 1.82) is 0 Å². The highest BCUT2D eigenvalue weighted by Gasteiger charge is 2.19. The molecule has 0 spiro atoms. The van der Waals surface area contributed by atoms with Crippen LogP contribution < -0.4 is 0 Å². The molecule has 0 atom stereocenters. The van der Waals surface area contributed by atoms with Crippen molar-refractivity contribution < 1.29 is 16.8 Å². The molecule has 0 saturated heterocycles. The van der Waals surface area contributed by atoms with Crippen LogP contribution in [0, 0.1) is 0 Å². The van der Waals surface area contributed by atoms with Crippen LogP contribution in [0.3, 0.4) is 0 Å². The number of para-hydroxylation sites is 2. The van der Waals surface area contributed by atoms with Crippen LogP contribution in [0.5, 0.6) is 0 Å². The van der Waals surface area contributed by atoms with Crippen molar-refractivity contribution in [3.05, 3.63) is 170 Å². The van der Waals surface area contributed by atoms with Gasteiger partial charge < -0.3 is 4.42 Å². The van der Waals surface area contributed by atoms with Gasteiger partial charge in [0.1, 0.15) is 11.2 Å². The topological polar surface area (TPSA) is 56.7 Å². The molecule has 0 N–H and O–H groups in total. The van der Waals surface area contributed by atoms with E-state index in [0.717, 1.165) is 27.5 Å². The average Bonchev–Trinajstić information content (AvgIpc) is 3.82. The fourth-order valence-electron chi connectivity index (χ4n) is 6.53. The highest BCUT2D eigenvalue weighted by Crippen LogP contribution is 2.36. The van der Waals surface area contributed by atoms with E-state index >= 15 is 0 Å². The molecule has 10 rings (SSSR count). The lowest BCUT2D eigenvalue weighted by atomic mass is 10.0. The molecule has 10 aromatic rings. The molecular weight excluding hydrogens is 613 g/mol. The molecule has 0 aliphatic rings. The molecule has 50 heavy (non-hydrogen) atoms. The summed E-state index contributed by atoms with van der Waals surface area (Å²) >= 11 is 0. The highest BCUT2D eigenvalue weighted by atomic mass is 16.3. The first-order valence-corrected chi connectivity index (χ1v) is 16.0. The minimum absolute atomic E-state index is 0.0372. The van der Waals surface area contributed by atoms with E-state index in [2.05, 4.69) is 0 Å². The molecule has 0 aliphatic carbocycles. The molecule has 3 heterocycles. The summed E-state index contributed by atoms with van der Waals surface area (Å²) in [5.74, 6) is 0.688. The molecule has 0 radical (unpaired) electrons. The fraction of sp³-hybridized carbons (Fsp3) is 0. The number of fused-ring (bicyclic) bond motifs is 6. The van der Waals surface area contributed by atoms with Gasteiger partial charge in [0.15, 0.2) is 11.6 Å². The quantitative estimate of drug-likeness (QED) is 0.186. The molecule has 0 bridgehead atoms. The fourth-order valence-corrected chi connectivity index (χ4v) is 6.53. The Morgan fingerprint density at radius 2 is 1.08 bits per heavy atom. The maximum absolute atomic E-state index is 9.20. The third-order valence-corrected chi connectivity index (χ3v) is 8.87. The van der Waals surface area contributed by atoms with Crippen LogP contribution in [0.15, 0.2) is 174 Å². The number of hydrogen-bond acceptors (Lipinski definition) is 4. The van der Waals surface area contributed by atoms with Crippen LogP contribution in [0.1, 0.15) is 12.3 Å². The monoisotopic (exact) mass is 649 g/mol. The van der Waals surface area contributed by atoms with Gasteiger partial charge in [-0.25, -0.2) is 4.98 Å². The minimum Gasteiger partial charge on any atom is -0.456 e. The summed E-state index contributed by atoms with van der Waals surface area (Å²) < 4.78 is 85.3. The molecule has 0 saturated carbocycles. The Hall–Kier alpha value is -6.85. The SMILES string of the molecule is [2H]c1c([2H])c([2H])c(-c2ccc3c(c2)c2c([2H])c([2H])c([2H])c([2H])c2n3-c2nc(-c3cccc(-c4ccccc4)c3)nc(-c3ccc4oc5ccccc5c4c3)n2)c([2H])c1[2H]. The van der Waals surface area contributed by atoms with Crippen LogP contribution in [-0.2, 0) is 0 Å². The van der Waals surface area contributed by atoms with Crippen LogP contribution >= 0.6 is 0 Å². The number of aromatic nitrogens is 4. The summed E-state index contributed by atoms with van der Waals surface area (Å²) in [6.07, 6.45) is 0. The van der Waals surface area contributed by atoms with Gasteiger partial charge in [0, 0.05) is 32.7 Å². The van der Waals surface area contributed by atoms with Gasteiger partial charge in [-0.1, -0.05) is 121 Å². The maximum Gasteiger partial charge on any atom is 0.238 e. The lowest BCUT2D eigenvalue weighted by Crippen LogP contribution is -2.06. The number of hydrogen-bond donors (Lipinski definition) is 0. The Balaban J connectivity index is 1.28. The van der Waals surface area contributed by atoms with Gasteiger partial charge in [0.2, 0.25) is 5.95 Å². The summed E-state index contributed by atoms with van der Waals surface area (Å²) in [6.45, 7) is 0. The van der Waals surface area contributed by atoms with Crippen molar-refractivity contribution >= 4 is 43.7 Å². The van der Waals surface area contributed by atoms with Gasteiger partial charge in [-0.15, -0.1) is 0 Å². The maximum atomic E-state index is 9.20. The van der Waals surface area contributed by atoms with Crippen LogP contribution in [0.2, 0.25) is 0 Å². The van der Waals surface area contributed by atoms with Gasteiger partial charge in [-0.05, 0) is 70.8 Å². The van der Waals surface area contributed by atoms with E-state index in [1.807, 2.05) is 97.1 Å². The lowest BCUT2D eigenvalue weighted by Gasteiger charge is -2.12. The Labute approximate surface area is 300 Å². The third-order valence-electron chi connectivity index (χ3n) is 8.87. The van der Waals surface area contributed by atoms with E-state index in [-0.39, 0.29) is 40.1 Å². The molecule has 234 valence electrons. The predicted octanol–water partition coefficient (Wildman–Crippen LogP) is 11.5. The zero-order valence-corrected chi connectivity index (χ0v) is 26.2. The van der Waals surface area contributed by atoms with Crippen molar-refractivity contribution in [3.63, 3.8) is 0 Å². The van der Waals surface area contributed by atoms with Crippen LogP contribution in [0.4, 0.5) is 0 Å². The normalized spacial score (nSPS) is 14.1. The van der Waals surface area contributed by atoms with Gasteiger partial charge >= 0.3 is 0 Å². The summed E-state index contributed by atoms with van der Waals surface area (Å²) in [4.78, 5) is 15.0. The summed E-state index contributed by atoms with van der Waals surface area (Å²) in [6, 6.07) is 32.1. The molecule has 0 fully saturated rings. The second kappa shape index (κ2) is 11.4. The number of rotatable bonds is 5. The Bertz CT molecular complexity index is 3370. The predicted molar refractivity (Wildman–Crippen MR) is 203 cm³/mol. The Morgan fingerprint density at radius 3 is 1.96 bits per heavy atom. The van der Waals surface area contributed by atoms with Crippen LogP contribution in [0.25, 0.3) is 94.7 Å². The largest absolute Gasteiger partial charge is 0.456 e. The number of nitrogens with zero attached hydrogens (tertiary/aromatic N) is 4. The Morgan fingerprint density at radius 1 is 0.420 bits per heavy atom. The van der Waals surface area contributed by atoms with Gasteiger partial charge in [0.05, 0.1) is 23.4 Å². The molecule has 5 heteroatoms. The van der Waals surface area contributed by atoms with Crippen LogP contribution in [-0.4, -0.2) is 19.5 Å². The van der Waals surface area contributed by atoms with E-state index in [9.17, 15) is 1.37 Å². The van der Waals surface area contributed by atoms with Crippen molar-refractivity contribution in [3.8, 4) is 51.0 Å². The van der Waals surface area contributed by atoms with Crippen molar-refractivity contribution in [2.75, 3.05) is 0 Å². The second-order valence-electron chi connectivity index (χ2n) is 11.8. The first kappa shape index (κ1) is 20.5. The number of benzene rings is 7. The third kappa shape index (κ3) is 4.67. The molecule has 7 aromatic carbocycles. The summed E-state index contributed by atoms with van der Waals surface area (Å²) in [5.41, 5.74) is 5.42. The first-order valence-electron chi connectivity index (χ1n) is 20.5. The molecule has 3 aromatic heterocycles. The molecule has 5 nitrogen and oxygen atoms in total. The van der Waals surface area contributed by atoms with Crippen molar-refractivity contribution in [1.82, 2.24) is 19.5 Å². The van der Waals surface area contributed by atoms with Gasteiger partial charge in [0.25, 0.3) is 0 Å². The molecule has 0 amide bonds. The van der Waals surface area contributed by atoms with E-state index in [1.165, 1.54) is 0 Å². The second-order valence-corrected chi connectivity index (χ2v) is 11.8. The molecular formula is C45H28N4O. The average molecular weight is 650 g/mol. The summed E-state index contributed by atoms with van der Waals surface area (Å²) in [5, 5.41) is 2.28. The van der Waals surface area contributed by atoms with E-state index in [4.69, 9.17) is 30.3 Å². The van der Waals surface area contributed by atoms with E-state index in [0.29, 0.717) is 39.3 Å². The summed E-state index contributed by atoms with van der Waals surface area (Å²) in [7, 11) is 0.